The van der Waals surface area contributed by atoms with Crippen LogP contribution in [0.5, 0.6) is 0 Å². The molecule has 0 N–H and O–H groups in total. The average molecular weight is 414 g/mol. The van der Waals surface area contributed by atoms with E-state index in [9.17, 15) is 4.79 Å². The van der Waals surface area contributed by atoms with Crippen LogP contribution in [-0.4, -0.2) is 40.7 Å². The fraction of sp³-hybridized carbons (Fsp3) is 0.444. The number of hydrogen-bond acceptors (Lipinski definition) is 5. The third-order valence-corrected chi connectivity index (χ3v) is 5.50. The predicted molar refractivity (Wildman–Crippen MR) is 107 cm³/mol. The number of aromatic nitrogens is 1. The lowest BCUT2D eigenvalue weighted by molar-refractivity contribution is 0.0293. The zero-order chi connectivity index (χ0) is 18.9. The van der Waals surface area contributed by atoms with Crippen LogP contribution < -0.4 is 4.90 Å². The summed E-state index contributed by atoms with van der Waals surface area (Å²) in [5, 5.41) is 3.80. The first-order chi connectivity index (χ1) is 12.2. The number of benzene rings is 1. The summed E-state index contributed by atoms with van der Waals surface area (Å²) >= 11 is 13.8. The average Bonchev–Trinajstić information content (AvgIpc) is 3.22. The lowest BCUT2D eigenvalue weighted by Gasteiger charge is -2.29. The topological polar surface area (TPSA) is 45.7 Å². The molecule has 0 saturated carbocycles. The summed E-state index contributed by atoms with van der Waals surface area (Å²) < 4.78 is 5.50. The van der Waals surface area contributed by atoms with Crippen LogP contribution in [0.1, 0.15) is 27.2 Å². The number of likely N-dealkylation sites (tertiary alicyclic amines) is 1. The monoisotopic (exact) mass is 413 g/mol. The second-order valence-electron chi connectivity index (χ2n) is 7.15. The number of halogens is 2. The summed E-state index contributed by atoms with van der Waals surface area (Å²) in [6, 6.07) is 5.62. The second-order valence-corrected chi connectivity index (χ2v) is 8.84. The largest absolute Gasteiger partial charge is 0.444 e. The molecule has 1 aliphatic rings. The fourth-order valence-electron chi connectivity index (χ4n) is 2.89. The number of anilines is 2. The molecule has 140 valence electrons. The second kappa shape index (κ2) is 7.62. The maximum Gasteiger partial charge on any atom is 0.410 e. The van der Waals surface area contributed by atoms with Gasteiger partial charge in [0.15, 0.2) is 5.13 Å². The first-order valence-electron chi connectivity index (χ1n) is 8.36. The summed E-state index contributed by atoms with van der Waals surface area (Å²) in [4.78, 5) is 20.7. The highest BCUT2D eigenvalue weighted by atomic mass is 35.5. The van der Waals surface area contributed by atoms with Gasteiger partial charge in [0, 0.05) is 30.4 Å². The Labute approximate surface area is 167 Å². The van der Waals surface area contributed by atoms with E-state index >= 15 is 0 Å². The molecule has 0 bridgehead atoms. The molecular formula is C18H21Cl2N3O2S. The van der Waals surface area contributed by atoms with Gasteiger partial charge >= 0.3 is 6.09 Å². The van der Waals surface area contributed by atoms with Crippen LogP contribution in [0.2, 0.25) is 10.0 Å². The van der Waals surface area contributed by atoms with E-state index < -0.39 is 5.60 Å². The van der Waals surface area contributed by atoms with E-state index in [-0.39, 0.29) is 12.1 Å². The van der Waals surface area contributed by atoms with Gasteiger partial charge in [-0.3, -0.25) is 0 Å². The Morgan fingerprint density at radius 1 is 1.35 bits per heavy atom. The zero-order valence-electron chi connectivity index (χ0n) is 14.9. The molecule has 2 aromatic rings. The summed E-state index contributed by atoms with van der Waals surface area (Å²) in [5.74, 6) is 0. The number of ether oxygens (including phenoxy) is 1. The molecule has 1 atom stereocenters. The van der Waals surface area contributed by atoms with Crippen molar-refractivity contribution in [2.24, 2.45) is 0 Å². The van der Waals surface area contributed by atoms with Gasteiger partial charge in [-0.2, -0.15) is 0 Å². The number of nitrogens with zero attached hydrogens (tertiary/aromatic N) is 3. The zero-order valence-corrected chi connectivity index (χ0v) is 17.2. The molecule has 1 aliphatic heterocycles. The van der Waals surface area contributed by atoms with Crippen LogP contribution in [0, 0.1) is 0 Å². The summed E-state index contributed by atoms with van der Waals surface area (Å²) in [7, 11) is 0. The summed E-state index contributed by atoms with van der Waals surface area (Å²) in [5.41, 5.74) is 0.402. The van der Waals surface area contributed by atoms with Crippen LogP contribution in [0.25, 0.3) is 0 Å². The van der Waals surface area contributed by atoms with Gasteiger partial charge in [0.1, 0.15) is 5.60 Å². The van der Waals surface area contributed by atoms with E-state index in [0.717, 1.165) is 17.2 Å². The lowest BCUT2D eigenvalue weighted by atomic mass is 10.2. The number of thiazole rings is 1. The highest BCUT2D eigenvalue weighted by Crippen LogP contribution is 2.36. The Kier molecular flexibility index (Phi) is 5.65. The van der Waals surface area contributed by atoms with Crippen LogP contribution in [0.15, 0.2) is 29.8 Å². The SMILES string of the molecule is CC(C)(C)OC(=O)N1CCC(N(c2ccc(Cl)c(Cl)c2)c2nccs2)C1. The van der Waals surface area contributed by atoms with Crippen molar-refractivity contribution < 1.29 is 9.53 Å². The minimum Gasteiger partial charge on any atom is -0.444 e. The van der Waals surface area contributed by atoms with Gasteiger partial charge in [-0.1, -0.05) is 23.2 Å². The fourth-order valence-corrected chi connectivity index (χ4v) is 3.92. The summed E-state index contributed by atoms with van der Waals surface area (Å²) in [6.07, 6.45) is 2.30. The van der Waals surface area contributed by atoms with Crippen molar-refractivity contribution >= 4 is 51.5 Å². The molecule has 1 fully saturated rings. The number of carbonyl (C=O) groups is 1. The van der Waals surface area contributed by atoms with Gasteiger partial charge in [-0.15, -0.1) is 11.3 Å². The molecule has 3 rings (SSSR count). The van der Waals surface area contributed by atoms with Crippen molar-refractivity contribution in [3.05, 3.63) is 39.8 Å². The smallest absolute Gasteiger partial charge is 0.410 e. The third kappa shape index (κ3) is 4.42. The van der Waals surface area contributed by atoms with Gasteiger partial charge in [0.25, 0.3) is 0 Å². The van der Waals surface area contributed by atoms with Crippen molar-refractivity contribution in [2.45, 2.75) is 38.8 Å². The maximum atomic E-state index is 12.4. The highest BCUT2D eigenvalue weighted by Gasteiger charge is 2.34. The number of hydrogen-bond donors (Lipinski definition) is 0. The Morgan fingerprint density at radius 3 is 2.73 bits per heavy atom. The Hall–Kier alpha value is -1.50. The van der Waals surface area contributed by atoms with E-state index in [1.165, 1.54) is 0 Å². The van der Waals surface area contributed by atoms with E-state index in [1.54, 1.807) is 28.5 Å². The molecule has 0 spiro atoms. The first kappa shape index (κ1) is 19.3. The molecule has 1 aromatic carbocycles. The van der Waals surface area contributed by atoms with Crippen LogP contribution in [0.3, 0.4) is 0 Å². The standard InChI is InChI=1S/C18H21Cl2N3O2S/c1-18(2,3)25-17(24)22-8-6-13(11-22)23(16-21-7-9-26-16)12-4-5-14(19)15(20)10-12/h4-5,7,9-10,13H,6,8,11H2,1-3H3. The van der Waals surface area contributed by atoms with E-state index in [1.807, 2.05) is 38.3 Å². The van der Waals surface area contributed by atoms with Gasteiger partial charge in [-0.25, -0.2) is 9.78 Å². The van der Waals surface area contributed by atoms with Gasteiger partial charge in [0.05, 0.1) is 16.1 Å². The van der Waals surface area contributed by atoms with Gasteiger partial charge in [-0.05, 0) is 45.4 Å². The molecule has 0 radical (unpaired) electrons. The van der Waals surface area contributed by atoms with E-state index in [2.05, 4.69) is 9.88 Å². The molecule has 2 heterocycles. The van der Waals surface area contributed by atoms with Crippen molar-refractivity contribution in [1.82, 2.24) is 9.88 Å². The van der Waals surface area contributed by atoms with Crippen molar-refractivity contribution in [2.75, 3.05) is 18.0 Å². The van der Waals surface area contributed by atoms with E-state index in [4.69, 9.17) is 27.9 Å². The van der Waals surface area contributed by atoms with E-state index in [0.29, 0.717) is 23.1 Å². The normalized spacial score (nSPS) is 17.4. The molecule has 1 amide bonds. The molecule has 0 aliphatic carbocycles. The van der Waals surface area contributed by atoms with Crippen molar-refractivity contribution in [1.29, 1.82) is 0 Å². The quantitative estimate of drug-likeness (QED) is 0.656. The van der Waals surface area contributed by atoms with Gasteiger partial charge in [0.2, 0.25) is 0 Å². The molecular weight excluding hydrogens is 393 g/mol. The van der Waals surface area contributed by atoms with Crippen molar-refractivity contribution in [3.63, 3.8) is 0 Å². The Balaban J connectivity index is 1.83. The van der Waals surface area contributed by atoms with Crippen LogP contribution in [-0.2, 0) is 4.74 Å². The van der Waals surface area contributed by atoms with Crippen LogP contribution >= 0.6 is 34.5 Å². The molecule has 26 heavy (non-hydrogen) atoms. The third-order valence-electron chi connectivity index (χ3n) is 3.99. The molecule has 1 saturated heterocycles. The number of amides is 1. The van der Waals surface area contributed by atoms with Crippen LogP contribution in [0.4, 0.5) is 15.6 Å². The molecule has 1 aromatic heterocycles. The summed E-state index contributed by atoms with van der Waals surface area (Å²) in [6.45, 7) is 6.82. The lowest BCUT2D eigenvalue weighted by Crippen LogP contribution is -2.38. The van der Waals surface area contributed by atoms with Crippen molar-refractivity contribution in [3.8, 4) is 0 Å². The predicted octanol–water partition coefficient (Wildman–Crippen LogP) is 5.60. The number of rotatable bonds is 3. The maximum absolute atomic E-state index is 12.4. The molecule has 8 heteroatoms. The highest BCUT2D eigenvalue weighted by molar-refractivity contribution is 7.13. The Bertz CT molecular complexity index is 777. The first-order valence-corrected chi connectivity index (χ1v) is 10.00. The molecule has 5 nitrogen and oxygen atoms in total. The minimum absolute atomic E-state index is 0.0888. The Morgan fingerprint density at radius 2 is 2.12 bits per heavy atom. The molecule has 1 unspecified atom stereocenters. The minimum atomic E-state index is -0.506. The number of carbonyl (C=O) groups excluding carboxylic acids is 1. The van der Waals surface area contributed by atoms with Gasteiger partial charge < -0.3 is 14.5 Å².